The second kappa shape index (κ2) is 3.05. The highest BCUT2D eigenvalue weighted by Gasteiger charge is 2.22. The quantitative estimate of drug-likeness (QED) is 0.431. The van der Waals surface area contributed by atoms with Gasteiger partial charge < -0.3 is 4.90 Å². The van der Waals surface area contributed by atoms with E-state index in [9.17, 15) is 0 Å². The molecule has 10 heavy (non-hydrogen) atoms. The van der Waals surface area contributed by atoms with Crippen LogP contribution in [0.25, 0.3) is 0 Å². The van der Waals surface area contributed by atoms with Crippen molar-refractivity contribution in [2.75, 3.05) is 13.6 Å². The van der Waals surface area contributed by atoms with Gasteiger partial charge in [-0.05, 0) is 20.4 Å². The molecule has 1 heterocycles. The predicted molar refractivity (Wildman–Crippen MR) is 48.6 cm³/mol. The van der Waals surface area contributed by atoms with Gasteiger partial charge in [0, 0.05) is 17.4 Å². The molecule has 2 heteroatoms. The Bertz CT molecular complexity index is 144. The van der Waals surface area contributed by atoms with Crippen molar-refractivity contribution in [1.29, 1.82) is 0 Å². The summed E-state index contributed by atoms with van der Waals surface area (Å²) in [5.41, 5.74) is 1.34. The zero-order chi connectivity index (χ0) is 7.72. The summed E-state index contributed by atoms with van der Waals surface area (Å²) in [6.07, 6.45) is 1.13. The van der Waals surface area contributed by atoms with Crippen LogP contribution in [-0.2, 0) is 0 Å². The van der Waals surface area contributed by atoms with Crippen molar-refractivity contribution in [3.8, 4) is 0 Å². The Balaban J connectivity index is 2.54. The Morgan fingerprint density at radius 1 is 1.70 bits per heavy atom. The third kappa shape index (κ3) is 1.61. The van der Waals surface area contributed by atoms with Gasteiger partial charge in [0.15, 0.2) is 0 Å². The molecule has 0 aromatic heterocycles. The summed E-state index contributed by atoms with van der Waals surface area (Å²) in [6, 6.07) is 0.668. The molecule has 1 aliphatic heterocycles. The number of piperidine rings is 1. The second-order valence-corrected chi connectivity index (χ2v) is 4.22. The van der Waals surface area contributed by atoms with Crippen molar-refractivity contribution in [2.24, 2.45) is 0 Å². The lowest BCUT2D eigenvalue weighted by Crippen LogP contribution is -2.40. The Morgan fingerprint density at radius 2 is 2.30 bits per heavy atom. The fourth-order valence-corrected chi connectivity index (χ4v) is 1.87. The fourth-order valence-electron chi connectivity index (χ4n) is 1.23. The molecule has 2 atom stereocenters. The molecule has 2 unspecified atom stereocenters. The van der Waals surface area contributed by atoms with Gasteiger partial charge in [0.05, 0.1) is 0 Å². The molecule has 58 valence electrons. The molecular weight excluding hydrogens is 190 g/mol. The van der Waals surface area contributed by atoms with Crippen LogP contribution in [0.1, 0.15) is 13.3 Å². The van der Waals surface area contributed by atoms with Crippen molar-refractivity contribution in [3.05, 3.63) is 12.2 Å². The molecule has 0 aromatic rings. The lowest BCUT2D eigenvalue weighted by molar-refractivity contribution is 0.237. The van der Waals surface area contributed by atoms with Crippen LogP contribution in [0.4, 0.5) is 0 Å². The molecule has 1 fully saturated rings. The lowest BCUT2D eigenvalue weighted by atomic mass is 10.00. The lowest BCUT2D eigenvalue weighted by Gasteiger charge is -2.34. The largest absolute Gasteiger partial charge is 0.302 e. The van der Waals surface area contributed by atoms with Gasteiger partial charge in [0.25, 0.3) is 0 Å². The number of rotatable bonds is 0. The first-order chi connectivity index (χ1) is 4.61. The number of alkyl halides is 1. The highest BCUT2D eigenvalue weighted by atomic mass is 79.9. The van der Waals surface area contributed by atoms with Crippen LogP contribution in [0, 0.1) is 0 Å². The van der Waals surface area contributed by atoms with E-state index in [2.05, 4.69) is 41.4 Å². The monoisotopic (exact) mass is 203 g/mol. The molecule has 1 rings (SSSR count). The van der Waals surface area contributed by atoms with Gasteiger partial charge in [-0.25, -0.2) is 0 Å². The van der Waals surface area contributed by atoms with Gasteiger partial charge in [-0.2, -0.15) is 0 Å². The first-order valence-corrected chi connectivity index (χ1v) is 4.55. The third-order valence-corrected chi connectivity index (χ3v) is 3.14. The molecule has 0 N–H and O–H groups in total. The predicted octanol–water partition coefficient (Wildman–Crippen LogP) is 2.03. The van der Waals surface area contributed by atoms with Crippen LogP contribution in [0.2, 0.25) is 0 Å². The number of halogens is 1. The normalized spacial score (nSPS) is 36.5. The fraction of sp³-hybridized carbons (Fsp3) is 0.750. The minimum Gasteiger partial charge on any atom is -0.302 e. The molecule has 0 bridgehead atoms. The summed E-state index contributed by atoms with van der Waals surface area (Å²) < 4.78 is 0. The van der Waals surface area contributed by atoms with E-state index in [1.165, 1.54) is 5.57 Å². The highest BCUT2D eigenvalue weighted by molar-refractivity contribution is 9.09. The standard InChI is InChI=1S/C8H14BrN/c1-6-4-7(2)10(3)5-8(6)9/h7-8H,1,4-5H2,2-3H3. The highest BCUT2D eigenvalue weighted by Crippen LogP contribution is 2.24. The van der Waals surface area contributed by atoms with E-state index in [-0.39, 0.29) is 0 Å². The Labute approximate surface area is 71.2 Å². The topological polar surface area (TPSA) is 3.24 Å². The molecule has 0 aromatic carbocycles. The zero-order valence-corrected chi connectivity index (χ0v) is 8.19. The minimum atomic E-state index is 0.508. The van der Waals surface area contributed by atoms with Crippen LogP contribution in [0.15, 0.2) is 12.2 Å². The maximum Gasteiger partial charge on any atom is 0.0480 e. The van der Waals surface area contributed by atoms with E-state index >= 15 is 0 Å². The van der Waals surface area contributed by atoms with Crippen molar-refractivity contribution in [1.82, 2.24) is 4.90 Å². The van der Waals surface area contributed by atoms with Crippen molar-refractivity contribution >= 4 is 15.9 Å². The van der Waals surface area contributed by atoms with Crippen LogP contribution >= 0.6 is 15.9 Å². The van der Waals surface area contributed by atoms with Crippen LogP contribution in [0.3, 0.4) is 0 Å². The number of hydrogen-bond donors (Lipinski definition) is 0. The number of hydrogen-bond acceptors (Lipinski definition) is 1. The van der Waals surface area contributed by atoms with Gasteiger partial charge in [-0.3, -0.25) is 0 Å². The van der Waals surface area contributed by atoms with Gasteiger partial charge >= 0.3 is 0 Å². The smallest absolute Gasteiger partial charge is 0.0480 e. The van der Waals surface area contributed by atoms with E-state index in [0.717, 1.165) is 13.0 Å². The SMILES string of the molecule is C=C1CC(C)N(C)CC1Br. The molecule has 0 aliphatic carbocycles. The Hall–Kier alpha value is 0.180. The first-order valence-electron chi connectivity index (χ1n) is 3.63. The van der Waals surface area contributed by atoms with E-state index in [0.29, 0.717) is 10.9 Å². The number of nitrogens with zero attached hydrogens (tertiary/aromatic N) is 1. The summed E-state index contributed by atoms with van der Waals surface area (Å²) in [5, 5.41) is 0. The molecule has 0 amide bonds. The average Bonchev–Trinajstić information content (AvgIpc) is 1.84. The molecule has 0 saturated carbocycles. The minimum absolute atomic E-state index is 0.508. The molecule has 0 radical (unpaired) electrons. The second-order valence-electron chi connectivity index (χ2n) is 3.12. The summed E-state index contributed by atoms with van der Waals surface area (Å²) in [5.74, 6) is 0. The maximum atomic E-state index is 4.01. The van der Waals surface area contributed by atoms with Gasteiger partial charge in [-0.15, -0.1) is 0 Å². The summed E-state index contributed by atoms with van der Waals surface area (Å²) in [6.45, 7) is 7.34. The van der Waals surface area contributed by atoms with Crippen molar-refractivity contribution < 1.29 is 0 Å². The van der Waals surface area contributed by atoms with Crippen LogP contribution < -0.4 is 0 Å². The van der Waals surface area contributed by atoms with E-state index in [1.807, 2.05) is 0 Å². The molecule has 1 nitrogen and oxygen atoms in total. The maximum absolute atomic E-state index is 4.01. The summed E-state index contributed by atoms with van der Waals surface area (Å²) in [7, 11) is 2.16. The van der Waals surface area contributed by atoms with Gasteiger partial charge in [0.1, 0.15) is 0 Å². The van der Waals surface area contributed by atoms with Crippen molar-refractivity contribution in [3.63, 3.8) is 0 Å². The Morgan fingerprint density at radius 3 is 2.80 bits per heavy atom. The van der Waals surface area contributed by atoms with Crippen molar-refractivity contribution in [2.45, 2.75) is 24.2 Å². The van der Waals surface area contributed by atoms with Gasteiger partial charge in [-0.1, -0.05) is 28.1 Å². The number of likely N-dealkylation sites (tertiary alicyclic amines) is 1. The van der Waals surface area contributed by atoms with E-state index in [1.54, 1.807) is 0 Å². The first kappa shape index (κ1) is 8.28. The average molecular weight is 204 g/mol. The van der Waals surface area contributed by atoms with Crippen LogP contribution in [-0.4, -0.2) is 29.4 Å². The Kier molecular flexibility index (Phi) is 2.53. The van der Waals surface area contributed by atoms with Gasteiger partial charge in [0.2, 0.25) is 0 Å². The summed E-state index contributed by atoms with van der Waals surface area (Å²) in [4.78, 5) is 2.86. The molecular formula is C8H14BrN. The molecule has 1 saturated heterocycles. The van der Waals surface area contributed by atoms with E-state index < -0.39 is 0 Å². The van der Waals surface area contributed by atoms with Crippen LogP contribution in [0.5, 0.6) is 0 Å². The molecule has 0 spiro atoms. The third-order valence-electron chi connectivity index (χ3n) is 2.20. The van der Waals surface area contributed by atoms with E-state index in [4.69, 9.17) is 0 Å². The summed E-state index contributed by atoms with van der Waals surface area (Å²) >= 11 is 3.58. The zero-order valence-electron chi connectivity index (χ0n) is 6.60. The molecule has 1 aliphatic rings.